The van der Waals surface area contributed by atoms with Gasteiger partial charge in [0.2, 0.25) is 0 Å². The maximum Gasteiger partial charge on any atom is 0.305 e. The van der Waals surface area contributed by atoms with E-state index >= 15 is 0 Å². The molecule has 0 aromatic heterocycles. The van der Waals surface area contributed by atoms with Crippen molar-refractivity contribution in [2.45, 2.75) is 63.1 Å². The van der Waals surface area contributed by atoms with Gasteiger partial charge in [-0.3, -0.25) is 8.98 Å². The molecule has 3 atom stereocenters. The highest BCUT2D eigenvalue weighted by molar-refractivity contribution is 7.86. The van der Waals surface area contributed by atoms with Gasteiger partial charge in [-0.05, 0) is 79.7 Å². The second-order valence-corrected chi connectivity index (χ2v) is 12.3. The van der Waals surface area contributed by atoms with Gasteiger partial charge in [0.1, 0.15) is 0 Å². The van der Waals surface area contributed by atoms with Gasteiger partial charge >= 0.3 is 5.97 Å². The zero-order valence-corrected chi connectivity index (χ0v) is 24.7. The first-order valence-corrected chi connectivity index (χ1v) is 15.7. The summed E-state index contributed by atoms with van der Waals surface area (Å²) in [6.07, 6.45) is 8.56. The Kier molecular flexibility index (Phi) is 11.3. The highest BCUT2D eigenvalue weighted by Gasteiger charge is 2.37. The number of allylic oxidation sites excluding steroid dienone is 2. The minimum Gasteiger partial charge on any atom is -0.469 e. The van der Waals surface area contributed by atoms with Crippen molar-refractivity contribution in [1.29, 1.82) is 0 Å². The first kappa shape index (κ1) is 30.7. The van der Waals surface area contributed by atoms with Crippen molar-refractivity contribution in [1.82, 2.24) is 0 Å². The molecular formula is C34H40O6S. The third-order valence-corrected chi connectivity index (χ3v) is 9.03. The fourth-order valence-corrected chi connectivity index (χ4v) is 6.24. The molecule has 0 heterocycles. The molecule has 218 valence electrons. The van der Waals surface area contributed by atoms with Gasteiger partial charge in [-0.2, -0.15) is 8.42 Å². The molecule has 1 aliphatic carbocycles. The lowest BCUT2D eigenvalue weighted by molar-refractivity contribution is -0.140. The fourth-order valence-electron chi connectivity index (χ4n) is 5.28. The van der Waals surface area contributed by atoms with Crippen LogP contribution in [0.25, 0.3) is 11.1 Å². The SMILES string of the molecule is COC(=O)CCCC=CC[C@@H]1[C@@H](COS(=O)(=O)c2ccc(C)cc2)CC[C@@H]1OCc1ccc(-c2ccccc2)cc1. The number of carbonyl (C=O) groups is 1. The van der Waals surface area contributed by atoms with Crippen LogP contribution in [-0.2, 0) is 35.2 Å². The van der Waals surface area contributed by atoms with Crippen LogP contribution in [0.2, 0.25) is 0 Å². The van der Waals surface area contributed by atoms with E-state index in [2.05, 4.69) is 48.6 Å². The summed E-state index contributed by atoms with van der Waals surface area (Å²) in [6.45, 7) is 2.54. The van der Waals surface area contributed by atoms with Crippen molar-refractivity contribution in [3.8, 4) is 11.1 Å². The number of ether oxygens (including phenoxy) is 2. The average Bonchev–Trinajstić information content (AvgIpc) is 3.39. The molecule has 6 nitrogen and oxygen atoms in total. The molecule has 0 spiro atoms. The van der Waals surface area contributed by atoms with Gasteiger partial charge in [-0.15, -0.1) is 0 Å². The number of esters is 1. The summed E-state index contributed by atoms with van der Waals surface area (Å²) >= 11 is 0. The summed E-state index contributed by atoms with van der Waals surface area (Å²) in [5.41, 5.74) is 4.44. The van der Waals surface area contributed by atoms with Gasteiger partial charge in [0.05, 0.1) is 31.3 Å². The molecule has 0 bridgehead atoms. The number of rotatable bonds is 14. The Balaban J connectivity index is 1.37. The first-order chi connectivity index (χ1) is 19.9. The van der Waals surface area contributed by atoms with Crippen molar-refractivity contribution < 1.29 is 26.9 Å². The predicted octanol–water partition coefficient (Wildman–Crippen LogP) is 7.27. The number of aryl methyl sites for hydroxylation is 1. The predicted molar refractivity (Wildman–Crippen MR) is 161 cm³/mol. The maximum atomic E-state index is 12.8. The number of unbranched alkanes of at least 4 members (excludes halogenated alkanes) is 1. The summed E-state index contributed by atoms with van der Waals surface area (Å²) in [4.78, 5) is 11.5. The minimum atomic E-state index is -3.83. The molecule has 3 aromatic carbocycles. The molecule has 41 heavy (non-hydrogen) atoms. The molecule has 7 heteroatoms. The monoisotopic (exact) mass is 576 g/mol. The van der Waals surface area contributed by atoms with Crippen molar-refractivity contribution in [2.75, 3.05) is 13.7 Å². The molecule has 3 aromatic rings. The second-order valence-electron chi connectivity index (χ2n) is 10.6. The van der Waals surface area contributed by atoms with E-state index in [9.17, 15) is 13.2 Å². The number of benzene rings is 3. The van der Waals surface area contributed by atoms with Crippen LogP contribution in [-0.4, -0.2) is 34.2 Å². The van der Waals surface area contributed by atoms with Crippen molar-refractivity contribution >= 4 is 16.1 Å². The highest BCUT2D eigenvalue weighted by atomic mass is 32.2. The van der Waals surface area contributed by atoms with Gasteiger partial charge in [-0.1, -0.05) is 84.4 Å². The summed E-state index contributed by atoms with van der Waals surface area (Å²) < 4.78 is 42.4. The molecule has 0 radical (unpaired) electrons. The molecule has 1 saturated carbocycles. The third-order valence-electron chi connectivity index (χ3n) is 7.73. The summed E-state index contributed by atoms with van der Waals surface area (Å²) in [6, 6.07) is 25.4. The molecule has 0 unspecified atom stereocenters. The quantitative estimate of drug-likeness (QED) is 0.0869. The van der Waals surface area contributed by atoms with E-state index in [0.29, 0.717) is 13.0 Å². The topological polar surface area (TPSA) is 78.9 Å². The van der Waals surface area contributed by atoms with Gasteiger partial charge in [0.25, 0.3) is 10.1 Å². The van der Waals surface area contributed by atoms with E-state index in [1.54, 1.807) is 24.3 Å². The highest BCUT2D eigenvalue weighted by Crippen LogP contribution is 2.38. The molecule has 1 fully saturated rings. The molecule has 0 saturated heterocycles. The lowest BCUT2D eigenvalue weighted by Crippen LogP contribution is -2.25. The van der Waals surface area contributed by atoms with Crippen LogP contribution in [0.1, 0.15) is 49.7 Å². The Bertz CT molecular complexity index is 1360. The Labute approximate surface area is 244 Å². The first-order valence-electron chi connectivity index (χ1n) is 14.3. The number of hydrogen-bond donors (Lipinski definition) is 0. The van der Waals surface area contributed by atoms with Crippen LogP contribution in [0, 0.1) is 18.8 Å². The summed E-state index contributed by atoms with van der Waals surface area (Å²) in [5.74, 6) is -0.0180. The van der Waals surface area contributed by atoms with E-state index in [1.165, 1.54) is 12.7 Å². The minimum absolute atomic E-state index is 0.000743. The Hall–Kier alpha value is -3.26. The largest absolute Gasteiger partial charge is 0.469 e. The van der Waals surface area contributed by atoms with E-state index in [4.69, 9.17) is 13.7 Å². The van der Waals surface area contributed by atoms with Crippen LogP contribution >= 0.6 is 0 Å². The van der Waals surface area contributed by atoms with Crippen LogP contribution in [0.4, 0.5) is 0 Å². The van der Waals surface area contributed by atoms with E-state index < -0.39 is 10.1 Å². The standard InChI is InChI=1S/C34H40O6S/c1-26-14-21-31(22-15-26)41(36,37)40-25-30-20-23-33(32(30)12-8-3-4-9-13-34(35)38-2)39-24-27-16-18-29(19-17-27)28-10-6-5-7-11-28/h3,5-8,10-11,14-19,21-22,30,32-33H,4,9,12-13,20,23-25H2,1-2H3/t30-,32-,33+/m1/s1. The maximum absolute atomic E-state index is 12.8. The van der Waals surface area contributed by atoms with E-state index in [0.717, 1.165) is 48.8 Å². The Morgan fingerprint density at radius 3 is 2.32 bits per heavy atom. The van der Waals surface area contributed by atoms with Gasteiger partial charge in [0.15, 0.2) is 0 Å². The fraction of sp³-hybridized carbons (Fsp3) is 0.382. The number of methoxy groups -OCH3 is 1. The average molecular weight is 577 g/mol. The summed E-state index contributed by atoms with van der Waals surface area (Å²) in [5, 5.41) is 0. The zero-order chi connectivity index (χ0) is 29.1. The van der Waals surface area contributed by atoms with Gasteiger partial charge in [-0.25, -0.2) is 0 Å². The smallest absolute Gasteiger partial charge is 0.305 e. The van der Waals surface area contributed by atoms with Crippen LogP contribution in [0.3, 0.4) is 0 Å². The molecule has 4 rings (SSSR count). The van der Waals surface area contributed by atoms with Crippen molar-refractivity contribution in [2.24, 2.45) is 11.8 Å². The lowest BCUT2D eigenvalue weighted by Gasteiger charge is -2.24. The molecule has 0 aliphatic heterocycles. The number of carbonyl (C=O) groups excluding carboxylic acids is 1. The van der Waals surface area contributed by atoms with Crippen LogP contribution in [0.5, 0.6) is 0 Å². The van der Waals surface area contributed by atoms with E-state index in [1.807, 2.05) is 25.1 Å². The van der Waals surface area contributed by atoms with E-state index in [-0.39, 0.29) is 35.4 Å². The normalized spacial score (nSPS) is 19.0. The zero-order valence-electron chi connectivity index (χ0n) is 23.9. The second kappa shape index (κ2) is 15.1. The van der Waals surface area contributed by atoms with Crippen LogP contribution < -0.4 is 0 Å². The molecule has 0 amide bonds. The van der Waals surface area contributed by atoms with Crippen molar-refractivity contribution in [3.63, 3.8) is 0 Å². The Morgan fingerprint density at radius 2 is 1.61 bits per heavy atom. The molecular weight excluding hydrogens is 536 g/mol. The Morgan fingerprint density at radius 1 is 0.902 bits per heavy atom. The third kappa shape index (κ3) is 9.12. The van der Waals surface area contributed by atoms with Crippen LogP contribution in [0.15, 0.2) is 95.9 Å². The molecule has 1 aliphatic rings. The van der Waals surface area contributed by atoms with Crippen molar-refractivity contribution in [3.05, 3.63) is 102 Å². The summed E-state index contributed by atoms with van der Waals surface area (Å²) in [7, 11) is -2.43. The van der Waals surface area contributed by atoms with Gasteiger partial charge < -0.3 is 9.47 Å². The molecule has 0 N–H and O–H groups in total. The number of hydrogen-bond acceptors (Lipinski definition) is 6. The lowest BCUT2D eigenvalue weighted by atomic mass is 9.91. The van der Waals surface area contributed by atoms with Gasteiger partial charge in [0, 0.05) is 6.42 Å².